The average molecular weight is 370 g/mol. The molecule has 0 heterocycles. The number of benzene rings is 2. The van der Waals surface area contributed by atoms with Crippen molar-refractivity contribution in [2.75, 3.05) is 31.6 Å². The fraction of sp³-hybridized carbons (Fsp3) is 0.333. The second kappa shape index (κ2) is 10.9. The normalized spacial score (nSPS) is 10.3. The van der Waals surface area contributed by atoms with Crippen molar-refractivity contribution in [1.82, 2.24) is 5.32 Å². The molecule has 2 rings (SSSR count). The van der Waals surface area contributed by atoms with Gasteiger partial charge in [-0.2, -0.15) is 0 Å². The Bertz CT molecular complexity index is 717. The van der Waals surface area contributed by atoms with Crippen LogP contribution in [0.15, 0.2) is 54.6 Å². The van der Waals surface area contributed by atoms with Crippen LogP contribution >= 0.6 is 0 Å². The van der Waals surface area contributed by atoms with E-state index in [2.05, 4.69) is 22.3 Å². The smallest absolute Gasteiger partial charge is 0.303 e. The highest BCUT2D eigenvalue weighted by molar-refractivity contribution is 5.77. The van der Waals surface area contributed by atoms with Crippen molar-refractivity contribution in [3.8, 4) is 5.75 Å². The number of nitrogens with one attached hydrogen (secondary N) is 1. The molecule has 1 amide bonds. The van der Waals surface area contributed by atoms with E-state index < -0.39 is 5.97 Å². The second-order valence-electron chi connectivity index (χ2n) is 6.29. The predicted octanol–water partition coefficient (Wildman–Crippen LogP) is 2.73. The van der Waals surface area contributed by atoms with Crippen molar-refractivity contribution in [3.63, 3.8) is 0 Å². The van der Waals surface area contributed by atoms with Gasteiger partial charge in [0.25, 0.3) is 5.91 Å². The number of carboxylic acid groups (broad SMARTS) is 1. The molecule has 144 valence electrons. The lowest BCUT2D eigenvalue weighted by atomic mass is 10.1. The van der Waals surface area contributed by atoms with Gasteiger partial charge in [-0.3, -0.25) is 9.59 Å². The molecule has 0 aliphatic carbocycles. The fourth-order valence-corrected chi connectivity index (χ4v) is 2.56. The highest BCUT2D eigenvalue weighted by atomic mass is 16.5. The number of carboxylic acids is 1. The number of rotatable bonds is 11. The van der Waals surface area contributed by atoms with Gasteiger partial charge in [-0.25, -0.2) is 0 Å². The molecule has 0 fully saturated rings. The Morgan fingerprint density at radius 3 is 2.44 bits per heavy atom. The lowest BCUT2D eigenvalue weighted by Crippen LogP contribution is -2.31. The second-order valence-corrected chi connectivity index (χ2v) is 6.29. The van der Waals surface area contributed by atoms with E-state index in [0.717, 1.165) is 24.2 Å². The first-order valence-corrected chi connectivity index (χ1v) is 9.01. The third-order valence-electron chi connectivity index (χ3n) is 4.11. The summed E-state index contributed by atoms with van der Waals surface area (Å²) < 4.78 is 5.46. The van der Waals surface area contributed by atoms with Crippen LogP contribution in [-0.4, -0.2) is 43.7 Å². The summed E-state index contributed by atoms with van der Waals surface area (Å²) in [5.41, 5.74) is 2.08. The Kier molecular flexibility index (Phi) is 8.16. The zero-order valence-corrected chi connectivity index (χ0v) is 15.6. The molecule has 0 radical (unpaired) electrons. The highest BCUT2D eigenvalue weighted by Crippen LogP contribution is 2.13. The summed E-state index contributed by atoms with van der Waals surface area (Å²) in [6, 6.07) is 17.2. The number of carbonyl (C=O) groups excluding carboxylic acids is 1. The minimum absolute atomic E-state index is 0.0387. The average Bonchev–Trinajstić information content (AvgIpc) is 2.69. The van der Waals surface area contributed by atoms with Gasteiger partial charge in [0.2, 0.25) is 0 Å². The molecule has 0 spiro atoms. The molecule has 0 aliphatic rings. The van der Waals surface area contributed by atoms with E-state index in [1.165, 1.54) is 0 Å². The first-order chi connectivity index (χ1) is 13.0. The van der Waals surface area contributed by atoms with Crippen molar-refractivity contribution in [1.29, 1.82) is 0 Å². The maximum Gasteiger partial charge on any atom is 0.303 e. The van der Waals surface area contributed by atoms with Crippen LogP contribution in [-0.2, 0) is 16.0 Å². The number of aliphatic carboxylic acids is 1. The van der Waals surface area contributed by atoms with Crippen LogP contribution < -0.4 is 15.0 Å². The van der Waals surface area contributed by atoms with Gasteiger partial charge in [0.1, 0.15) is 5.75 Å². The van der Waals surface area contributed by atoms with Crippen molar-refractivity contribution in [2.24, 2.45) is 0 Å². The topological polar surface area (TPSA) is 78.9 Å². The van der Waals surface area contributed by atoms with Gasteiger partial charge in [-0.15, -0.1) is 0 Å². The van der Waals surface area contributed by atoms with E-state index in [0.29, 0.717) is 18.7 Å². The Morgan fingerprint density at radius 2 is 1.78 bits per heavy atom. The Labute approximate surface area is 159 Å². The van der Waals surface area contributed by atoms with Crippen LogP contribution in [0.5, 0.6) is 5.75 Å². The lowest BCUT2D eigenvalue weighted by molar-refractivity contribution is -0.137. The standard InChI is InChI=1S/C21H26N2O4/c1-23(18-6-3-2-4-7-18)15-5-14-22-20(24)16-27-19-11-8-17(9-12-19)10-13-21(25)26/h2-4,6-9,11-12H,5,10,13-16H2,1H3,(H,22,24)(H,25,26). The highest BCUT2D eigenvalue weighted by Gasteiger charge is 2.04. The van der Waals surface area contributed by atoms with Crippen molar-refractivity contribution in [2.45, 2.75) is 19.3 Å². The monoisotopic (exact) mass is 370 g/mol. The maximum absolute atomic E-state index is 11.9. The molecule has 0 aliphatic heterocycles. The molecule has 0 saturated heterocycles. The van der Waals surface area contributed by atoms with Crippen LogP contribution in [0.2, 0.25) is 0 Å². The SMILES string of the molecule is CN(CCCNC(=O)COc1ccc(CCC(=O)O)cc1)c1ccccc1. The first kappa shape index (κ1) is 20.3. The summed E-state index contributed by atoms with van der Waals surface area (Å²) >= 11 is 0. The summed E-state index contributed by atoms with van der Waals surface area (Å²) in [5.74, 6) is -0.387. The summed E-state index contributed by atoms with van der Waals surface area (Å²) in [4.78, 5) is 24.6. The van der Waals surface area contributed by atoms with Gasteiger partial charge in [-0.1, -0.05) is 30.3 Å². The molecule has 6 nitrogen and oxygen atoms in total. The number of carbonyl (C=O) groups is 2. The maximum atomic E-state index is 11.9. The van der Waals surface area contributed by atoms with Crippen LogP contribution in [0, 0.1) is 0 Å². The van der Waals surface area contributed by atoms with E-state index in [9.17, 15) is 9.59 Å². The van der Waals surface area contributed by atoms with E-state index in [-0.39, 0.29) is 18.9 Å². The zero-order chi connectivity index (χ0) is 19.5. The van der Waals surface area contributed by atoms with Gasteiger partial charge in [-0.05, 0) is 42.7 Å². The third kappa shape index (κ3) is 7.81. The molecular weight excluding hydrogens is 344 g/mol. The van der Waals surface area contributed by atoms with E-state index in [4.69, 9.17) is 9.84 Å². The van der Waals surface area contributed by atoms with Crippen molar-refractivity contribution in [3.05, 3.63) is 60.2 Å². The molecule has 0 saturated carbocycles. The fourth-order valence-electron chi connectivity index (χ4n) is 2.56. The van der Waals surface area contributed by atoms with E-state index >= 15 is 0 Å². The Balaban J connectivity index is 1.61. The van der Waals surface area contributed by atoms with Crippen LogP contribution in [0.25, 0.3) is 0 Å². The van der Waals surface area contributed by atoms with Gasteiger partial charge < -0.3 is 20.1 Å². The number of amides is 1. The minimum Gasteiger partial charge on any atom is -0.484 e. The molecule has 0 bridgehead atoms. The quantitative estimate of drug-likeness (QED) is 0.595. The summed E-state index contributed by atoms with van der Waals surface area (Å²) in [7, 11) is 2.03. The molecule has 2 N–H and O–H groups in total. The summed E-state index contributed by atoms with van der Waals surface area (Å²) in [6.45, 7) is 1.40. The first-order valence-electron chi connectivity index (χ1n) is 9.01. The zero-order valence-electron chi connectivity index (χ0n) is 15.6. The van der Waals surface area contributed by atoms with E-state index in [1.807, 2.05) is 37.4 Å². The molecule has 6 heteroatoms. The number of anilines is 1. The number of nitrogens with zero attached hydrogens (tertiary/aromatic N) is 1. The number of hydrogen-bond acceptors (Lipinski definition) is 4. The van der Waals surface area contributed by atoms with Gasteiger partial charge in [0, 0.05) is 32.2 Å². The molecule has 2 aromatic carbocycles. The largest absolute Gasteiger partial charge is 0.484 e. The molecular formula is C21H26N2O4. The molecule has 2 aromatic rings. The van der Waals surface area contributed by atoms with Gasteiger partial charge in [0.15, 0.2) is 6.61 Å². The Morgan fingerprint density at radius 1 is 1.07 bits per heavy atom. The number of hydrogen-bond donors (Lipinski definition) is 2. The Hall–Kier alpha value is -3.02. The summed E-state index contributed by atoms with van der Waals surface area (Å²) in [5, 5.41) is 11.5. The van der Waals surface area contributed by atoms with Crippen LogP contribution in [0.1, 0.15) is 18.4 Å². The molecule has 0 aromatic heterocycles. The lowest BCUT2D eigenvalue weighted by Gasteiger charge is -2.19. The van der Waals surface area contributed by atoms with E-state index in [1.54, 1.807) is 12.1 Å². The van der Waals surface area contributed by atoms with Gasteiger partial charge in [0.05, 0.1) is 0 Å². The van der Waals surface area contributed by atoms with Crippen LogP contribution in [0.4, 0.5) is 5.69 Å². The predicted molar refractivity (Wildman–Crippen MR) is 105 cm³/mol. The molecule has 0 atom stereocenters. The minimum atomic E-state index is -0.818. The number of para-hydroxylation sites is 1. The number of aryl methyl sites for hydroxylation is 1. The molecule has 0 unspecified atom stereocenters. The third-order valence-corrected chi connectivity index (χ3v) is 4.11. The summed E-state index contributed by atoms with van der Waals surface area (Å²) in [6.07, 6.45) is 1.42. The van der Waals surface area contributed by atoms with Crippen molar-refractivity contribution < 1.29 is 19.4 Å². The van der Waals surface area contributed by atoms with Crippen LogP contribution in [0.3, 0.4) is 0 Å². The van der Waals surface area contributed by atoms with Gasteiger partial charge >= 0.3 is 5.97 Å². The van der Waals surface area contributed by atoms with Crippen molar-refractivity contribution >= 4 is 17.6 Å². The number of ether oxygens (including phenoxy) is 1. The molecule has 27 heavy (non-hydrogen) atoms.